The lowest BCUT2D eigenvalue weighted by Gasteiger charge is -2.24. The summed E-state index contributed by atoms with van der Waals surface area (Å²) in [4.78, 5) is 41.2. The van der Waals surface area contributed by atoms with Crippen molar-refractivity contribution in [2.75, 3.05) is 24.8 Å². The first-order valence-electron chi connectivity index (χ1n) is 12.8. The first-order valence-corrected chi connectivity index (χ1v) is 12.8. The van der Waals surface area contributed by atoms with Gasteiger partial charge in [-0.1, -0.05) is 18.2 Å². The van der Waals surface area contributed by atoms with E-state index in [0.29, 0.717) is 35.9 Å². The lowest BCUT2D eigenvalue weighted by Crippen LogP contribution is -2.36. The van der Waals surface area contributed by atoms with Crippen molar-refractivity contribution in [3.63, 3.8) is 0 Å². The van der Waals surface area contributed by atoms with Crippen molar-refractivity contribution < 1.29 is 14.3 Å². The molecule has 5 heterocycles. The molecule has 4 aromatic rings. The molecular weight excluding hydrogens is 482 g/mol. The summed E-state index contributed by atoms with van der Waals surface area (Å²) in [5.41, 5.74) is 9.14. The number of carbonyl (C=O) groups is 2. The second-order valence-electron chi connectivity index (χ2n) is 9.78. The molecule has 0 saturated carbocycles. The molecule has 2 aliphatic heterocycles. The number of nitrogens with two attached hydrogens (primary N) is 1. The van der Waals surface area contributed by atoms with Gasteiger partial charge in [-0.25, -0.2) is 15.0 Å². The molecule has 0 spiro atoms. The third kappa shape index (κ3) is 4.16. The molecular formula is C28H29N7O3. The minimum absolute atomic E-state index is 0.103. The molecule has 10 heteroatoms. The number of hydrogen-bond donors (Lipinski definition) is 2. The maximum absolute atomic E-state index is 12.9. The van der Waals surface area contributed by atoms with E-state index in [4.69, 9.17) is 15.5 Å². The van der Waals surface area contributed by atoms with Crippen molar-refractivity contribution in [2.24, 2.45) is 0 Å². The number of ether oxygens (including phenoxy) is 1. The molecule has 6 rings (SSSR count). The van der Waals surface area contributed by atoms with Crippen LogP contribution in [0.4, 0.5) is 11.6 Å². The first-order chi connectivity index (χ1) is 18.5. The molecule has 3 atom stereocenters. The van der Waals surface area contributed by atoms with E-state index >= 15 is 0 Å². The van der Waals surface area contributed by atoms with Crippen molar-refractivity contribution in [3.05, 3.63) is 72.4 Å². The minimum Gasteiger partial charge on any atom is -0.384 e. The van der Waals surface area contributed by atoms with Gasteiger partial charge in [-0.05, 0) is 43.5 Å². The largest absolute Gasteiger partial charge is 0.384 e. The molecule has 3 N–H and O–H groups in total. The van der Waals surface area contributed by atoms with Gasteiger partial charge < -0.3 is 20.7 Å². The molecule has 2 saturated heterocycles. The van der Waals surface area contributed by atoms with Crippen LogP contribution in [0.1, 0.15) is 47.8 Å². The molecule has 2 amide bonds. The predicted molar refractivity (Wildman–Crippen MR) is 143 cm³/mol. The fourth-order valence-corrected chi connectivity index (χ4v) is 5.93. The molecule has 1 aromatic carbocycles. The van der Waals surface area contributed by atoms with Gasteiger partial charge in [0.25, 0.3) is 5.91 Å². The van der Waals surface area contributed by atoms with Crippen LogP contribution in [0.5, 0.6) is 0 Å². The summed E-state index contributed by atoms with van der Waals surface area (Å²) in [6.45, 7) is 0.425. The number of methoxy groups -OCH3 is 1. The van der Waals surface area contributed by atoms with Gasteiger partial charge in [0.1, 0.15) is 28.7 Å². The monoisotopic (exact) mass is 511 g/mol. The van der Waals surface area contributed by atoms with Crippen LogP contribution in [0.25, 0.3) is 16.8 Å². The van der Waals surface area contributed by atoms with Crippen LogP contribution in [-0.4, -0.2) is 61.9 Å². The number of anilines is 2. The zero-order chi connectivity index (χ0) is 26.2. The number of carbonyl (C=O) groups excluding carboxylic acids is 2. The topological polar surface area (TPSA) is 128 Å². The number of aromatic nitrogens is 4. The summed E-state index contributed by atoms with van der Waals surface area (Å²) in [5.74, 6) is 1.76. The van der Waals surface area contributed by atoms with Crippen molar-refractivity contribution in [1.82, 2.24) is 24.3 Å². The number of pyridine rings is 1. The van der Waals surface area contributed by atoms with Crippen LogP contribution in [-0.2, 0) is 9.53 Å². The van der Waals surface area contributed by atoms with E-state index in [1.165, 1.54) is 0 Å². The summed E-state index contributed by atoms with van der Waals surface area (Å²) < 4.78 is 7.15. The number of benzene rings is 1. The Labute approximate surface area is 219 Å². The van der Waals surface area contributed by atoms with Gasteiger partial charge >= 0.3 is 0 Å². The van der Waals surface area contributed by atoms with Gasteiger partial charge in [0.2, 0.25) is 5.91 Å². The van der Waals surface area contributed by atoms with E-state index in [2.05, 4.69) is 20.2 Å². The number of fused-ring (bicyclic) bond motifs is 3. The minimum atomic E-state index is -0.243. The summed E-state index contributed by atoms with van der Waals surface area (Å²) in [5, 5.41) is 2.80. The van der Waals surface area contributed by atoms with E-state index in [0.717, 1.165) is 36.2 Å². The van der Waals surface area contributed by atoms with Crippen molar-refractivity contribution >= 4 is 29.0 Å². The molecule has 38 heavy (non-hydrogen) atoms. The van der Waals surface area contributed by atoms with Crippen molar-refractivity contribution in [2.45, 2.75) is 43.7 Å². The van der Waals surface area contributed by atoms with Crippen LogP contribution in [0.3, 0.4) is 0 Å². The predicted octanol–water partition coefficient (Wildman–Crippen LogP) is 3.51. The zero-order valence-corrected chi connectivity index (χ0v) is 21.1. The zero-order valence-electron chi connectivity index (χ0n) is 21.1. The maximum Gasteiger partial charge on any atom is 0.256 e. The number of nitrogens with one attached hydrogen (secondary N) is 1. The summed E-state index contributed by atoms with van der Waals surface area (Å²) in [7, 11) is 1.62. The molecule has 3 aromatic heterocycles. The Morgan fingerprint density at radius 3 is 2.71 bits per heavy atom. The van der Waals surface area contributed by atoms with Gasteiger partial charge in [-0.3, -0.25) is 14.0 Å². The maximum atomic E-state index is 12.9. The highest BCUT2D eigenvalue weighted by atomic mass is 16.5. The number of nitrogen functional groups attached to an aromatic ring is 1. The van der Waals surface area contributed by atoms with Crippen LogP contribution in [0, 0.1) is 0 Å². The Kier molecular flexibility index (Phi) is 6.24. The highest BCUT2D eigenvalue weighted by Gasteiger charge is 2.50. The third-order valence-electron chi connectivity index (χ3n) is 7.61. The van der Waals surface area contributed by atoms with Crippen LogP contribution < -0.4 is 11.1 Å². The fourth-order valence-electron chi connectivity index (χ4n) is 5.93. The molecule has 3 unspecified atom stereocenters. The van der Waals surface area contributed by atoms with E-state index in [1.807, 2.05) is 28.8 Å². The second kappa shape index (κ2) is 9.86. The van der Waals surface area contributed by atoms with Gasteiger partial charge in [-0.15, -0.1) is 0 Å². The van der Waals surface area contributed by atoms with Gasteiger partial charge in [0.15, 0.2) is 0 Å². The molecule has 194 valence electrons. The smallest absolute Gasteiger partial charge is 0.256 e. The number of rotatable bonds is 7. The molecule has 0 aliphatic carbocycles. The molecule has 2 bridgehead atoms. The number of imidazole rings is 1. The molecule has 0 radical (unpaired) electrons. The van der Waals surface area contributed by atoms with E-state index in [9.17, 15) is 9.59 Å². The summed E-state index contributed by atoms with van der Waals surface area (Å²) in [6.07, 6.45) is 8.42. The first kappa shape index (κ1) is 24.1. The van der Waals surface area contributed by atoms with Gasteiger partial charge in [-0.2, -0.15) is 0 Å². The van der Waals surface area contributed by atoms with Gasteiger partial charge in [0.05, 0.1) is 13.0 Å². The van der Waals surface area contributed by atoms with Crippen molar-refractivity contribution in [1.29, 1.82) is 0 Å². The van der Waals surface area contributed by atoms with Gasteiger partial charge in [0, 0.05) is 54.8 Å². The van der Waals surface area contributed by atoms with Crippen LogP contribution in [0.15, 0.2) is 61.1 Å². The van der Waals surface area contributed by atoms with Crippen LogP contribution in [0.2, 0.25) is 0 Å². The van der Waals surface area contributed by atoms with Crippen LogP contribution >= 0.6 is 0 Å². The highest BCUT2D eigenvalue weighted by Crippen LogP contribution is 2.47. The summed E-state index contributed by atoms with van der Waals surface area (Å²) in [6, 6.07) is 12.9. The summed E-state index contributed by atoms with van der Waals surface area (Å²) >= 11 is 0. The van der Waals surface area contributed by atoms with E-state index in [-0.39, 0.29) is 29.8 Å². The number of nitrogens with zero attached hydrogens (tertiary/aromatic N) is 5. The highest BCUT2D eigenvalue weighted by molar-refractivity contribution is 6.04. The number of hydrogen-bond acceptors (Lipinski definition) is 7. The van der Waals surface area contributed by atoms with Crippen molar-refractivity contribution in [3.8, 4) is 11.3 Å². The Balaban J connectivity index is 1.31. The average molecular weight is 512 g/mol. The lowest BCUT2D eigenvalue weighted by atomic mass is 9.88. The standard InChI is InChI=1S/C28H29N7O3/c1-38-15-11-23(36)35-19-9-10-21(35)20(16-19)27-33-24(25-26(29)31-13-14-34(25)27)17-5-7-18(8-6-17)28(37)32-22-4-2-3-12-30-22/h2-8,12-14,19-21H,9-11,15-16H2,1H3,(H2,29,31)(H,30,32,37). The second-order valence-corrected chi connectivity index (χ2v) is 9.78. The normalized spacial score (nSPS) is 20.2. The Hall–Kier alpha value is -4.31. The molecule has 10 nitrogen and oxygen atoms in total. The Morgan fingerprint density at radius 1 is 1.11 bits per heavy atom. The van der Waals surface area contributed by atoms with E-state index < -0.39 is 0 Å². The fraction of sp³-hybridized carbons (Fsp3) is 0.321. The number of amides is 2. The quantitative estimate of drug-likeness (QED) is 0.389. The third-order valence-corrected chi connectivity index (χ3v) is 7.61. The lowest BCUT2D eigenvalue weighted by molar-refractivity contribution is -0.133. The SMILES string of the molecule is COCCC(=O)N1C2CCC1C(c1nc(-c3ccc(C(=O)Nc4ccccn4)cc3)c3c(N)nccn13)C2. The molecule has 2 aliphatic rings. The van der Waals surface area contributed by atoms with E-state index in [1.54, 1.807) is 43.8 Å². The molecule has 2 fully saturated rings. The Bertz CT molecular complexity index is 1490. The average Bonchev–Trinajstić information content (AvgIpc) is 3.64. The Morgan fingerprint density at radius 2 is 1.95 bits per heavy atom.